The topological polar surface area (TPSA) is 6.48 Å². The maximum absolute atomic E-state index is 6.11. The maximum Gasteiger partial charge on any atom is 0.0426 e. The van der Waals surface area contributed by atoms with Crippen molar-refractivity contribution < 1.29 is 0 Å². The number of benzene rings is 1. The predicted octanol–water partition coefficient (Wildman–Crippen LogP) is 4.31. The summed E-state index contributed by atoms with van der Waals surface area (Å²) >= 11 is 6.11. The molecule has 2 aliphatic rings. The van der Waals surface area contributed by atoms with Crippen molar-refractivity contribution in [1.29, 1.82) is 0 Å². The van der Waals surface area contributed by atoms with Crippen LogP contribution in [-0.4, -0.2) is 38.1 Å². The lowest BCUT2D eigenvalue weighted by atomic mass is 9.93. The van der Waals surface area contributed by atoms with Gasteiger partial charge in [0.2, 0.25) is 0 Å². The quantitative estimate of drug-likeness (QED) is 0.691. The lowest BCUT2D eigenvalue weighted by Crippen LogP contribution is -2.36. The molecule has 22 heavy (non-hydrogen) atoms. The smallest absolute Gasteiger partial charge is 0.0426 e. The molecule has 1 saturated carbocycles. The summed E-state index contributed by atoms with van der Waals surface area (Å²) in [7, 11) is 2.27. The van der Waals surface area contributed by atoms with Gasteiger partial charge >= 0.3 is 0 Å². The highest BCUT2D eigenvalue weighted by Crippen LogP contribution is 2.43. The molecule has 2 nitrogen and oxygen atoms in total. The third kappa shape index (κ3) is 3.67. The van der Waals surface area contributed by atoms with E-state index < -0.39 is 0 Å². The molecule has 1 aromatic carbocycles. The fourth-order valence-corrected chi connectivity index (χ4v) is 4.21. The number of hydrogen-bond acceptors (Lipinski definition) is 2. The van der Waals surface area contributed by atoms with Crippen molar-refractivity contribution in [2.24, 2.45) is 17.8 Å². The number of hydrogen-bond donors (Lipinski definition) is 0. The lowest BCUT2D eigenvalue weighted by molar-refractivity contribution is 0.258. The van der Waals surface area contributed by atoms with Gasteiger partial charge in [-0.2, -0.15) is 0 Å². The van der Waals surface area contributed by atoms with E-state index in [1.54, 1.807) is 0 Å². The second-order valence-corrected chi connectivity index (χ2v) is 7.30. The summed E-state index contributed by atoms with van der Waals surface area (Å²) in [6.45, 7) is 6.63. The van der Waals surface area contributed by atoms with E-state index in [-0.39, 0.29) is 0 Å². The SMILES string of the molecule is CCN(CCN(C)CC1CC2C=CC1C2)c1cccc(Cl)c1. The zero-order valence-electron chi connectivity index (χ0n) is 13.7. The van der Waals surface area contributed by atoms with Crippen LogP contribution >= 0.6 is 11.6 Å². The van der Waals surface area contributed by atoms with Crippen molar-refractivity contribution in [2.45, 2.75) is 19.8 Å². The molecule has 0 radical (unpaired) electrons. The molecule has 1 fully saturated rings. The molecule has 0 amide bonds. The van der Waals surface area contributed by atoms with Crippen molar-refractivity contribution in [3.63, 3.8) is 0 Å². The van der Waals surface area contributed by atoms with Gasteiger partial charge in [-0.3, -0.25) is 0 Å². The van der Waals surface area contributed by atoms with Crippen LogP contribution in [0.3, 0.4) is 0 Å². The molecule has 3 atom stereocenters. The number of fused-ring (bicyclic) bond motifs is 2. The molecule has 2 aliphatic carbocycles. The zero-order chi connectivity index (χ0) is 15.5. The molecule has 2 bridgehead atoms. The van der Waals surface area contributed by atoms with E-state index in [1.165, 1.54) is 25.1 Å². The average Bonchev–Trinajstić information content (AvgIpc) is 3.10. The Morgan fingerprint density at radius 1 is 1.18 bits per heavy atom. The molecule has 120 valence electrons. The van der Waals surface area contributed by atoms with Crippen LogP contribution in [0.4, 0.5) is 5.69 Å². The highest BCUT2D eigenvalue weighted by atomic mass is 35.5. The highest BCUT2D eigenvalue weighted by molar-refractivity contribution is 6.30. The van der Waals surface area contributed by atoms with Gasteiger partial charge < -0.3 is 9.80 Å². The third-order valence-electron chi connectivity index (χ3n) is 5.27. The molecule has 0 heterocycles. The number of likely N-dealkylation sites (N-methyl/N-ethyl adjacent to an activating group) is 2. The van der Waals surface area contributed by atoms with E-state index >= 15 is 0 Å². The Labute approximate surface area is 139 Å². The Hall–Kier alpha value is -0.990. The Morgan fingerprint density at radius 2 is 2.05 bits per heavy atom. The Balaban J connectivity index is 1.49. The van der Waals surface area contributed by atoms with Gasteiger partial charge in [-0.1, -0.05) is 29.8 Å². The lowest BCUT2D eigenvalue weighted by Gasteiger charge is -2.29. The minimum Gasteiger partial charge on any atom is -0.370 e. The van der Waals surface area contributed by atoms with Crippen molar-refractivity contribution in [2.75, 3.05) is 38.1 Å². The van der Waals surface area contributed by atoms with Crippen LogP contribution < -0.4 is 4.90 Å². The standard InChI is InChI=1S/C19H27ClN2/c1-3-22(19-6-4-5-18(20)13-19)10-9-21(2)14-17-12-15-7-8-16(17)11-15/h4-8,13,15-17H,3,9-12,14H2,1-2H3. The average molecular weight is 319 g/mol. The number of halogens is 1. The number of allylic oxidation sites excluding steroid dienone is 2. The molecule has 0 aliphatic heterocycles. The Morgan fingerprint density at radius 3 is 2.68 bits per heavy atom. The van der Waals surface area contributed by atoms with E-state index in [0.717, 1.165) is 42.4 Å². The van der Waals surface area contributed by atoms with Gasteiger partial charge in [0.15, 0.2) is 0 Å². The van der Waals surface area contributed by atoms with Crippen LogP contribution in [-0.2, 0) is 0 Å². The Bertz CT molecular complexity index is 528. The number of nitrogens with zero attached hydrogens (tertiary/aromatic N) is 2. The van der Waals surface area contributed by atoms with Crippen molar-refractivity contribution in [3.05, 3.63) is 41.4 Å². The van der Waals surface area contributed by atoms with Crippen LogP contribution in [0.2, 0.25) is 5.02 Å². The van der Waals surface area contributed by atoms with Crippen LogP contribution in [0.25, 0.3) is 0 Å². The molecule has 0 N–H and O–H groups in total. The van der Waals surface area contributed by atoms with Crippen LogP contribution in [0.1, 0.15) is 19.8 Å². The second-order valence-electron chi connectivity index (χ2n) is 6.86. The first kappa shape index (κ1) is 15.9. The maximum atomic E-state index is 6.11. The monoisotopic (exact) mass is 318 g/mol. The van der Waals surface area contributed by atoms with Crippen molar-refractivity contribution in [3.8, 4) is 0 Å². The van der Waals surface area contributed by atoms with E-state index in [1.807, 2.05) is 12.1 Å². The number of rotatable bonds is 7. The minimum atomic E-state index is 0.818. The summed E-state index contributed by atoms with van der Waals surface area (Å²) in [5.74, 6) is 2.60. The molecular formula is C19H27ClN2. The fourth-order valence-electron chi connectivity index (χ4n) is 4.03. The first-order valence-corrected chi connectivity index (χ1v) is 8.91. The Kier molecular flexibility index (Phi) is 5.10. The van der Waals surface area contributed by atoms with Crippen LogP contribution in [0.5, 0.6) is 0 Å². The normalized spacial score (nSPS) is 26.1. The van der Waals surface area contributed by atoms with Gasteiger partial charge in [-0.25, -0.2) is 0 Å². The summed E-state index contributed by atoms with van der Waals surface area (Å²) in [6, 6.07) is 8.18. The first-order valence-electron chi connectivity index (χ1n) is 8.53. The van der Waals surface area contributed by atoms with Gasteiger partial charge in [0.25, 0.3) is 0 Å². The summed E-state index contributed by atoms with van der Waals surface area (Å²) in [5.41, 5.74) is 1.23. The molecule has 1 aromatic rings. The first-order chi connectivity index (χ1) is 10.7. The largest absolute Gasteiger partial charge is 0.370 e. The molecule has 3 unspecified atom stereocenters. The molecule has 0 aromatic heterocycles. The van der Waals surface area contributed by atoms with Crippen molar-refractivity contribution >= 4 is 17.3 Å². The molecule has 0 saturated heterocycles. The third-order valence-corrected chi connectivity index (χ3v) is 5.50. The summed E-state index contributed by atoms with van der Waals surface area (Å²) in [5, 5.41) is 0.818. The molecule has 3 rings (SSSR count). The predicted molar refractivity (Wildman–Crippen MR) is 95.7 cm³/mol. The van der Waals surface area contributed by atoms with E-state index in [0.29, 0.717) is 0 Å². The van der Waals surface area contributed by atoms with E-state index in [2.05, 4.69) is 48.1 Å². The number of anilines is 1. The van der Waals surface area contributed by atoms with Gasteiger partial charge in [0.05, 0.1) is 0 Å². The van der Waals surface area contributed by atoms with Gasteiger partial charge in [0.1, 0.15) is 0 Å². The van der Waals surface area contributed by atoms with E-state index in [4.69, 9.17) is 11.6 Å². The highest BCUT2D eigenvalue weighted by Gasteiger charge is 2.35. The van der Waals surface area contributed by atoms with Gasteiger partial charge in [-0.05, 0) is 62.8 Å². The van der Waals surface area contributed by atoms with Crippen LogP contribution in [0, 0.1) is 17.8 Å². The zero-order valence-corrected chi connectivity index (χ0v) is 14.5. The minimum absolute atomic E-state index is 0.818. The van der Waals surface area contributed by atoms with Gasteiger partial charge in [0, 0.05) is 36.9 Å². The second kappa shape index (κ2) is 7.06. The molecule has 0 spiro atoms. The van der Waals surface area contributed by atoms with Crippen LogP contribution in [0.15, 0.2) is 36.4 Å². The summed E-state index contributed by atoms with van der Waals surface area (Å²) < 4.78 is 0. The summed E-state index contributed by atoms with van der Waals surface area (Å²) in [4.78, 5) is 4.91. The molecule has 3 heteroatoms. The van der Waals surface area contributed by atoms with Crippen molar-refractivity contribution in [1.82, 2.24) is 4.90 Å². The summed E-state index contributed by atoms with van der Waals surface area (Å²) in [6.07, 6.45) is 7.69. The van der Waals surface area contributed by atoms with Gasteiger partial charge in [-0.15, -0.1) is 0 Å². The van der Waals surface area contributed by atoms with E-state index in [9.17, 15) is 0 Å². The fraction of sp³-hybridized carbons (Fsp3) is 0.579. The molecular weight excluding hydrogens is 292 g/mol.